The van der Waals surface area contributed by atoms with E-state index in [4.69, 9.17) is 4.74 Å². The first-order valence-corrected chi connectivity index (χ1v) is 12.5. The zero-order valence-electron chi connectivity index (χ0n) is 17.8. The molecule has 10 heteroatoms. The topological polar surface area (TPSA) is 98.0 Å². The van der Waals surface area contributed by atoms with Gasteiger partial charge in [0.15, 0.2) is 4.80 Å². The van der Waals surface area contributed by atoms with Crippen LogP contribution in [0.1, 0.15) is 40.5 Å². The Hall–Kier alpha value is -2.82. The number of amides is 1. The maximum Gasteiger partial charge on any atom is 0.338 e. The van der Waals surface area contributed by atoms with E-state index in [2.05, 4.69) is 4.99 Å². The molecule has 1 amide bonds. The molecule has 1 aliphatic rings. The van der Waals surface area contributed by atoms with Gasteiger partial charge in [-0.05, 0) is 62.2 Å². The Morgan fingerprint density at radius 1 is 1.06 bits per heavy atom. The van der Waals surface area contributed by atoms with Crippen LogP contribution in [0.15, 0.2) is 52.4 Å². The van der Waals surface area contributed by atoms with Crippen LogP contribution in [-0.2, 0) is 21.8 Å². The smallest absolute Gasteiger partial charge is 0.338 e. The van der Waals surface area contributed by atoms with Crippen molar-refractivity contribution in [3.8, 4) is 0 Å². The molecule has 168 valence electrons. The van der Waals surface area contributed by atoms with Crippen LogP contribution in [0.5, 0.6) is 0 Å². The van der Waals surface area contributed by atoms with Gasteiger partial charge >= 0.3 is 5.97 Å². The number of aromatic nitrogens is 1. The Bertz CT molecular complexity index is 1350. The highest BCUT2D eigenvalue weighted by molar-refractivity contribution is 7.89. The van der Waals surface area contributed by atoms with E-state index in [0.717, 1.165) is 23.1 Å². The van der Waals surface area contributed by atoms with Crippen molar-refractivity contribution in [1.82, 2.24) is 8.87 Å². The SMILES string of the molecule is CCOC(=O)c1ccc2c(c1)sc(=NC(=O)c1ccc(S(=O)(=O)N3CCCC3)cc1)n2C. The maximum atomic E-state index is 12.7. The average Bonchev–Trinajstić information content (AvgIpc) is 3.43. The number of esters is 1. The summed E-state index contributed by atoms with van der Waals surface area (Å²) in [6.07, 6.45) is 1.73. The van der Waals surface area contributed by atoms with Crippen LogP contribution in [0.2, 0.25) is 0 Å². The molecular formula is C22H23N3O5S2. The van der Waals surface area contributed by atoms with E-state index < -0.39 is 21.9 Å². The average molecular weight is 474 g/mol. The number of thiazole rings is 1. The molecule has 2 aromatic carbocycles. The van der Waals surface area contributed by atoms with E-state index in [1.807, 2.05) is 0 Å². The molecule has 0 spiro atoms. The summed E-state index contributed by atoms with van der Waals surface area (Å²) >= 11 is 1.29. The summed E-state index contributed by atoms with van der Waals surface area (Å²) < 4.78 is 34.4. The van der Waals surface area contributed by atoms with E-state index >= 15 is 0 Å². The van der Waals surface area contributed by atoms with Crippen LogP contribution in [0.25, 0.3) is 10.2 Å². The number of sulfonamides is 1. The third kappa shape index (κ3) is 4.25. The van der Waals surface area contributed by atoms with Crippen LogP contribution in [0.3, 0.4) is 0 Å². The van der Waals surface area contributed by atoms with Gasteiger partial charge in [0, 0.05) is 25.7 Å². The van der Waals surface area contributed by atoms with Gasteiger partial charge in [-0.1, -0.05) is 11.3 Å². The molecule has 0 saturated carbocycles. The van der Waals surface area contributed by atoms with Crippen molar-refractivity contribution in [2.45, 2.75) is 24.7 Å². The fourth-order valence-electron chi connectivity index (χ4n) is 3.58. The van der Waals surface area contributed by atoms with Crippen LogP contribution < -0.4 is 4.80 Å². The molecule has 32 heavy (non-hydrogen) atoms. The molecule has 1 aromatic heterocycles. The predicted molar refractivity (Wildman–Crippen MR) is 121 cm³/mol. The molecule has 2 heterocycles. The zero-order chi connectivity index (χ0) is 22.9. The van der Waals surface area contributed by atoms with Gasteiger partial charge in [0.05, 0.1) is 27.3 Å². The van der Waals surface area contributed by atoms with Crippen LogP contribution in [0, 0.1) is 0 Å². The lowest BCUT2D eigenvalue weighted by Crippen LogP contribution is -2.27. The lowest BCUT2D eigenvalue weighted by molar-refractivity contribution is 0.0526. The first-order chi connectivity index (χ1) is 15.3. The highest BCUT2D eigenvalue weighted by atomic mass is 32.2. The second-order valence-electron chi connectivity index (χ2n) is 7.40. The lowest BCUT2D eigenvalue weighted by Gasteiger charge is -2.15. The van der Waals surface area contributed by atoms with E-state index in [9.17, 15) is 18.0 Å². The predicted octanol–water partition coefficient (Wildman–Crippen LogP) is 2.94. The molecule has 1 aliphatic heterocycles. The normalized spacial score (nSPS) is 15.4. The van der Waals surface area contributed by atoms with Crippen LogP contribution in [0.4, 0.5) is 0 Å². The third-order valence-electron chi connectivity index (χ3n) is 5.32. The fraction of sp³-hybridized carbons (Fsp3) is 0.318. The zero-order valence-corrected chi connectivity index (χ0v) is 19.4. The van der Waals surface area contributed by atoms with Gasteiger partial charge in [-0.25, -0.2) is 13.2 Å². The third-order valence-corrected chi connectivity index (χ3v) is 8.33. The highest BCUT2D eigenvalue weighted by Crippen LogP contribution is 2.22. The summed E-state index contributed by atoms with van der Waals surface area (Å²) in [6, 6.07) is 11.1. The minimum absolute atomic E-state index is 0.176. The van der Waals surface area contributed by atoms with Crippen molar-refractivity contribution in [2.24, 2.45) is 12.0 Å². The van der Waals surface area contributed by atoms with Crippen molar-refractivity contribution in [1.29, 1.82) is 0 Å². The number of hydrogen-bond donors (Lipinski definition) is 0. The van der Waals surface area contributed by atoms with Gasteiger partial charge in [0.2, 0.25) is 10.0 Å². The summed E-state index contributed by atoms with van der Waals surface area (Å²) in [5, 5.41) is 0. The molecule has 0 unspecified atom stereocenters. The first-order valence-electron chi connectivity index (χ1n) is 10.3. The summed E-state index contributed by atoms with van der Waals surface area (Å²) in [5.41, 5.74) is 1.57. The number of carbonyl (C=O) groups is 2. The van der Waals surface area contributed by atoms with Crippen molar-refractivity contribution in [2.75, 3.05) is 19.7 Å². The fourth-order valence-corrected chi connectivity index (χ4v) is 6.15. The summed E-state index contributed by atoms with van der Waals surface area (Å²) in [7, 11) is -1.74. The lowest BCUT2D eigenvalue weighted by atomic mass is 10.2. The Kier molecular flexibility index (Phi) is 6.27. The van der Waals surface area contributed by atoms with Gasteiger partial charge in [0.1, 0.15) is 0 Å². The van der Waals surface area contributed by atoms with Crippen LogP contribution >= 0.6 is 11.3 Å². The maximum absolute atomic E-state index is 12.7. The second-order valence-corrected chi connectivity index (χ2v) is 10.3. The quantitative estimate of drug-likeness (QED) is 0.531. The monoisotopic (exact) mass is 473 g/mol. The second kappa shape index (κ2) is 8.97. The molecule has 0 bridgehead atoms. The molecule has 1 fully saturated rings. The van der Waals surface area contributed by atoms with Crippen molar-refractivity contribution < 1.29 is 22.7 Å². The minimum atomic E-state index is -3.53. The summed E-state index contributed by atoms with van der Waals surface area (Å²) in [6.45, 7) is 3.10. The molecule has 0 N–H and O–H groups in total. The van der Waals surface area contributed by atoms with Gasteiger partial charge in [0.25, 0.3) is 5.91 Å². The van der Waals surface area contributed by atoms with E-state index in [1.54, 1.807) is 36.7 Å². The molecule has 8 nitrogen and oxygen atoms in total. The number of rotatable bonds is 5. The summed E-state index contributed by atoms with van der Waals surface area (Å²) in [5.74, 6) is -0.869. The van der Waals surface area contributed by atoms with E-state index in [-0.39, 0.29) is 4.90 Å². The molecule has 1 saturated heterocycles. The Labute approximate surface area is 189 Å². The van der Waals surface area contributed by atoms with Crippen LogP contribution in [-0.4, -0.2) is 48.9 Å². The minimum Gasteiger partial charge on any atom is -0.462 e. The molecule has 3 aromatic rings. The molecule has 0 radical (unpaired) electrons. The van der Waals surface area contributed by atoms with Gasteiger partial charge in [-0.2, -0.15) is 9.30 Å². The Morgan fingerprint density at radius 2 is 1.72 bits per heavy atom. The van der Waals surface area contributed by atoms with Gasteiger partial charge in [-0.3, -0.25) is 4.79 Å². The van der Waals surface area contributed by atoms with Crippen molar-refractivity contribution in [3.05, 3.63) is 58.4 Å². The van der Waals surface area contributed by atoms with E-state index in [0.29, 0.717) is 35.6 Å². The molecule has 0 atom stereocenters. The van der Waals surface area contributed by atoms with Crippen molar-refractivity contribution in [3.63, 3.8) is 0 Å². The molecule has 0 aliphatic carbocycles. The molecule has 4 rings (SSSR count). The first kappa shape index (κ1) is 22.4. The summed E-state index contributed by atoms with van der Waals surface area (Å²) in [4.78, 5) is 29.6. The molecular weight excluding hydrogens is 450 g/mol. The van der Waals surface area contributed by atoms with Gasteiger partial charge < -0.3 is 9.30 Å². The standard InChI is InChI=1S/C22H23N3O5S2/c1-3-30-21(27)16-8-11-18-19(14-16)31-22(24(18)2)23-20(26)15-6-9-17(10-7-15)32(28,29)25-12-4-5-13-25/h6-11,14H,3-5,12-13H2,1-2H3. The highest BCUT2D eigenvalue weighted by Gasteiger charge is 2.27. The van der Waals surface area contributed by atoms with E-state index in [1.165, 1.54) is 39.9 Å². The number of ether oxygens (including phenoxy) is 1. The number of aryl methyl sites for hydroxylation is 1. The van der Waals surface area contributed by atoms with Gasteiger partial charge in [-0.15, -0.1) is 0 Å². The number of nitrogens with zero attached hydrogens (tertiary/aromatic N) is 3. The number of fused-ring (bicyclic) bond motifs is 1. The number of carbonyl (C=O) groups excluding carboxylic acids is 2. The van der Waals surface area contributed by atoms with Crippen molar-refractivity contribution >= 4 is 43.5 Å². The largest absolute Gasteiger partial charge is 0.462 e. The Balaban J connectivity index is 1.61. The number of benzene rings is 2. The number of hydrogen-bond acceptors (Lipinski definition) is 6. The Morgan fingerprint density at radius 3 is 2.38 bits per heavy atom.